The molecular formula is C22H30N2O. The summed E-state index contributed by atoms with van der Waals surface area (Å²) in [6.07, 6.45) is 6.75. The van der Waals surface area contributed by atoms with Crippen molar-refractivity contribution in [1.82, 2.24) is 10.6 Å². The molecular weight excluding hydrogens is 308 g/mol. The predicted molar refractivity (Wildman–Crippen MR) is 104 cm³/mol. The van der Waals surface area contributed by atoms with Crippen LogP contribution in [0.1, 0.15) is 49.3 Å². The van der Waals surface area contributed by atoms with Gasteiger partial charge >= 0.3 is 0 Å². The Morgan fingerprint density at radius 2 is 1.68 bits per heavy atom. The van der Waals surface area contributed by atoms with Gasteiger partial charge in [0.2, 0.25) is 0 Å². The second-order valence-corrected chi connectivity index (χ2v) is 6.90. The lowest BCUT2D eigenvalue weighted by atomic mass is 9.95. The summed E-state index contributed by atoms with van der Waals surface area (Å²) in [7, 11) is 1.73. The summed E-state index contributed by atoms with van der Waals surface area (Å²) in [5.41, 5.74) is 2.53. The first-order valence-corrected chi connectivity index (χ1v) is 9.50. The highest BCUT2D eigenvalue weighted by Crippen LogP contribution is 2.21. The minimum absolute atomic E-state index is 0.299. The molecule has 1 aliphatic carbocycles. The van der Waals surface area contributed by atoms with Crippen LogP contribution in [0, 0.1) is 0 Å². The number of hydrogen-bond acceptors (Lipinski definition) is 3. The van der Waals surface area contributed by atoms with Crippen molar-refractivity contribution >= 4 is 0 Å². The van der Waals surface area contributed by atoms with Gasteiger partial charge in [0.1, 0.15) is 5.75 Å². The van der Waals surface area contributed by atoms with Gasteiger partial charge in [-0.1, -0.05) is 67.8 Å². The molecule has 2 aromatic carbocycles. The van der Waals surface area contributed by atoms with Gasteiger partial charge in [0.25, 0.3) is 0 Å². The molecule has 2 N–H and O–H groups in total. The number of hydrogen-bond donors (Lipinski definition) is 2. The van der Waals surface area contributed by atoms with Crippen LogP contribution in [0.4, 0.5) is 0 Å². The van der Waals surface area contributed by atoms with Gasteiger partial charge in [0.05, 0.1) is 7.11 Å². The molecule has 0 aliphatic heterocycles. The van der Waals surface area contributed by atoms with Gasteiger partial charge in [0.15, 0.2) is 0 Å². The topological polar surface area (TPSA) is 33.3 Å². The van der Waals surface area contributed by atoms with Crippen molar-refractivity contribution in [2.75, 3.05) is 13.7 Å². The molecule has 0 aromatic heterocycles. The fourth-order valence-corrected chi connectivity index (χ4v) is 3.67. The third kappa shape index (κ3) is 5.32. The molecule has 3 rings (SSSR count). The zero-order valence-corrected chi connectivity index (χ0v) is 15.2. The van der Waals surface area contributed by atoms with Crippen molar-refractivity contribution in [2.24, 2.45) is 0 Å². The number of nitrogens with one attached hydrogen (secondary N) is 2. The SMILES string of the molecule is COc1ccccc1CNC(CNC1CCCCC1)c1ccccc1. The Labute approximate surface area is 151 Å². The van der Waals surface area contributed by atoms with Gasteiger partial charge in [-0.3, -0.25) is 0 Å². The average molecular weight is 338 g/mol. The molecule has 0 bridgehead atoms. The first-order chi connectivity index (χ1) is 12.4. The van der Waals surface area contributed by atoms with Gasteiger partial charge < -0.3 is 15.4 Å². The normalized spacial score (nSPS) is 16.5. The van der Waals surface area contributed by atoms with Gasteiger partial charge in [-0.2, -0.15) is 0 Å². The van der Waals surface area contributed by atoms with E-state index in [0.717, 1.165) is 18.8 Å². The van der Waals surface area contributed by atoms with E-state index in [1.54, 1.807) is 7.11 Å². The molecule has 134 valence electrons. The summed E-state index contributed by atoms with van der Waals surface area (Å²) in [5.74, 6) is 0.946. The summed E-state index contributed by atoms with van der Waals surface area (Å²) >= 11 is 0. The highest BCUT2D eigenvalue weighted by atomic mass is 16.5. The van der Waals surface area contributed by atoms with Crippen LogP contribution < -0.4 is 15.4 Å². The Bertz CT molecular complexity index is 623. The third-order valence-electron chi connectivity index (χ3n) is 5.15. The molecule has 25 heavy (non-hydrogen) atoms. The van der Waals surface area contributed by atoms with Crippen LogP contribution >= 0.6 is 0 Å². The first kappa shape index (κ1) is 18.0. The molecule has 3 heteroatoms. The maximum absolute atomic E-state index is 5.48. The van der Waals surface area contributed by atoms with E-state index in [9.17, 15) is 0 Å². The molecule has 1 atom stereocenters. The molecule has 2 aromatic rings. The van der Waals surface area contributed by atoms with Crippen LogP contribution in [0.2, 0.25) is 0 Å². The zero-order chi connectivity index (χ0) is 17.3. The predicted octanol–water partition coefficient (Wildman–Crippen LogP) is 4.45. The van der Waals surface area contributed by atoms with Gasteiger partial charge in [0, 0.05) is 30.7 Å². The summed E-state index contributed by atoms with van der Waals surface area (Å²) in [4.78, 5) is 0. The Morgan fingerprint density at radius 3 is 2.44 bits per heavy atom. The van der Waals surface area contributed by atoms with E-state index in [2.05, 4.69) is 53.1 Å². The van der Waals surface area contributed by atoms with E-state index in [1.807, 2.05) is 12.1 Å². The molecule has 0 heterocycles. The standard InChI is InChI=1S/C22H30N2O/c1-25-22-15-9-8-12-19(22)16-24-21(18-10-4-2-5-11-18)17-23-20-13-6-3-7-14-20/h2,4-5,8-12,15,20-21,23-24H,3,6-7,13-14,16-17H2,1H3. The van der Waals surface area contributed by atoms with E-state index in [0.29, 0.717) is 12.1 Å². The zero-order valence-electron chi connectivity index (χ0n) is 15.2. The Morgan fingerprint density at radius 1 is 0.960 bits per heavy atom. The maximum Gasteiger partial charge on any atom is 0.123 e. The smallest absolute Gasteiger partial charge is 0.123 e. The van der Waals surface area contributed by atoms with Crippen molar-refractivity contribution < 1.29 is 4.74 Å². The molecule has 1 unspecified atom stereocenters. The van der Waals surface area contributed by atoms with Crippen molar-refractivity contribution in [3.8, 4) is 5.75 Å². The molecule has 0 radical (unpaired) electrons. The van der Waals surface area contributed by atoms with Crippen LogP contribution in [-0.2, 0) is 6.54 Å². The van der Waals surface area contributed by atoms with Crippen molar-refractivity contribution in [3.63, 3.8) is 0 Å². The summed E-state index contributed by atoms with van der Waals surface area (Å²) < 4.78 is 5.48. The molecule has 1 fully saturated rings. The lowest BCUT2D eigenvalue weighted by Gasteiger charge is -2.27. The highest BCUT2D eigenvalue weighted by molar-refractivity contribution is 5.33. The van der Waals surface area contributed by atoms with Crippen LogP contribution in [0.25, 0.3) is 0 Å². The summed E-state index contributed by atoms with van der Waals surface area (Å²) in [6.45, 7) is 1.76. The van der Waals surface area contributed by atoms with E-state index >= 15 is 0 Å². The van der Waals surface area contributed by atoms with Gasteiger partial charge in [-0.05, 0) is 24.5 Å². The minimum atomic E-state index is 0.299. The third-order valence-corrected chi connectivity index (χ3v) is 5.15. The average Bonchev–Trinajstić information content (AvgIpc) is 2.70. The van der Waals surface area contributed by atoms with Crippen LogP contribution in [0.15, 0.2) is 54.6 Å². The minimum Gasteiger partial charge on any atom is -0.496 e. The number of methoxy groups -OCH3 is 1. The molecule has 0 saturated heterocycles. The highest BCUT2D eigenvalue weighted by Gasteiger charge is 2.17. The van der Waals surface area contributed by atoms with E-state index in [4.69, 9.17) is 4.74 Å². The molecule has 3 nitrogen and oxygen atoms in total. The van der Waals surface area contributed by atoms with E-state index in [1.165, 1.54) is 43.2 Å². The Balaban J connectivity index is 1.63. The summed E-state index contributed by atoms with van der Waals surface area (Å²) in [5, 5.41) is 7.52. The van der Waals surface area contributed by atoms with E-state index < -0.39 is 0 Å². The van der Waals surface area contributed by atoms with Gasteiger partial charge in [-0.15, -0.1) is 0 Å². The second-order valence-electron chi connectivity index (χ2n) is 6.90. The number of ether oxygens (including phenoxy) is 1. The van der Waals surface area contributed by atoms with Crippen molar-refractivity contribution in [3.05, 3.63) is 65.7 Å². The van der Waals surface area contributed by atoms with Gasteiger partial charge in [-0.25, -0.2) is 0 Å². The quantitative estimate of drug-likeness (QED) is 0.746. The monoisotopic (exact) mass is 338 g/mol. The fraction of sp³-hybridized carbons (Fsp3) is 0.455. The van der Waals surface area contributed by atoms with Crippen molar-refractivity contribution in [2.45, 2.75) is 50.7 Å². The van der Waals surface area contributed by atoms with Crippen LogP contribution in [-0.4, -0.2) is 19.7 Å². The lowest BCUT2D eigenvalue weighted by molar-refractivity contribution is 0.351. The molecule has 0 spiro atoms. The van der Waals surface area contributed by atoms with Crippen molar-refractivity contribution in [1.29, 1.82) is 0 Å². The number of para-hydroxylation sites is 1. The Kier molecular flexibility index (Phi) is 6.89. The lowest BCUT2D eigenvalue weighted by Crippen LogP contribution is -2.38. The number of benzene rings is 2. The largest absolute Gasteiger partial charge is 0.496 e. The molecule has 0 amide bonds. The van der Waals surface area contributed by atoms with E-state index in [-0.39, 0.29) is 0 Å². The maximum atomic E-state index is 5.48. The first-order valence-electron chi connectivity index (χ1n) is 9.50. The number of rotatable bonds is 8. The molecule has 1 aliphatic rings. The van der Waals surface area contributed by atoms with Crippen LogP contribution in [0.3, 0.4) is 0 Å². The second kappa shape index (κ2) is 9.59. The fourth-order valence-electron chi connectivity index (χ4n) is 3.67. The summed E-state index contributed by atoms with van der Waals surface area (Å²) in [6, 6.07) is 19.9. The molecule has 1 saturated carbocycles. The van der Waals surface area contributed by atoms with Crippen LogP contribution in [0.5, 0.6) is 5.75 Å². The Hall–Kier alpha value is -1.84.